The first-order chi connectivity index (χ1) is 9.33. The number of imidazole rings is 1. The summed E-state index contributed by atoms with van der Waals surface area (Å²) in [5, 5.41) is 3.47. The van der Waals surface area contributed by atoms with Crippen LogP contribution in [0.1, 0.15) is 38.8 Å². The van der Waals surface area contributed by atoms with Crippen LogP contribution in [0.2, 0.25) is 0 Å². The Hall–Kier alpha value is -0.870. The fraction of sp³-hybridized carbons (Fsp3) is 0.800. The van der Waals surface area contributed by atoms with Crippen LogP contribution in [0, 0.1) is 5.92 Å². The molecule has 4 heteroatoms. The normalized spacial score (nSPS) is 18.0. The quantitative estimate of drug-likeness (QED) is 0.819. The minimum atomic E-state index is 0.872. The summed E-state index contributed by atoms with van der Waals surface area (Å²) in [6, 6.07) is 0. The number of hydrogen-bond donors (Lipinski definition) is 1. The second kappa shape index (κ2) is 7.65. The smallest absolute Gasteiger partial charge is 0.0948 e. The Kier molecular flexibility index (Phi) is 5.86. The molecule has 0 radical (unpaired) electrons. The van der Waals surface area contributed by atoms with E-state index >= 15 is 0 Å². The summed E-state index contributed by atoms with van der Waals surface area (Å²) in [5.41, 5.74) is 1.37. The van der Waals surface area contributed by atoms with Crippen LogP contribution in [0.5, 0.6) is 0 Å². The lowest BCUT2D eigenvalue weighted by atomic mass is 9.97. The molecule has 0 aromatic carbocycles. The first-order valence-electron chi connectivity index (χ1n) is 7.75. The summed E-state index contributed by atoms with van der Waals surface area (Å²) < 4.78 is 2.30. The van der Waals surface area contributed by atoms with Gasteiger partial charge in [-0.3, -0.25) is 4.90 Å². The minimum absolute atomic E-state index is 0.872. The van der Waals surface area contributed by atoms with E-state index in [1.165, 1.54) is 44.6 Å². The highest BCUT2D eigenvalue weighted by atomic mass is 15.2. The molecule has 0 aliphatic carbocycles. The molecule has 0 atom stereocenters. The average Bonchev–Trinajstić information content (AvgIpc) is 2.86. The zero-order valence-electron chi connectivity index (χ0n) is 12.4. The summed E-state index contributed by atoms with van der Waals surface area (Å²) in [7, 11) is 0. The van der Waals surface area contributed by atoms with Crippen molar-refractivity contribution in [2.24, 2.45) is 5.92 Å². The molecule has 0 amide bonds. The van der Waals surface area contributed by atoms with Gasteiger partial charge in [-0.1, -0.05) is 13.8 Å². The second-order valence-corrected chi connectivity index (χ2v) is 5.61. The van der Waals surface area contributed by atoms with Gasteiger partial charge in [-0.15, -0.1) is 0 Å². The summed E-state index contributed by atoms with van der Waals surface area (Å²) in [6.07, 6.45) is 7.83. The van der Waals surface area contributed by atoms with Crippen LogP contribution >= 0.6 is 0 Å². The second-order valence-electron chi connectivity index (χ2n) is 5.61. The molecular weight excluding hydrogens is 236 g/mol. The van der Waals surface area contributed by atoms with Gasteiger partial charge in [0.25, 0.3) is 0 Å². The Balaban J connectivity index is 1.77. The lowest BCUT2D eigenvalue weighted by molar-refractivity contribution is 0.172. The first-order valence-corrected chi connectivity index (χ1v) is 7.75. The Morgan fingerprint density at radius 2 is 2.11 bits per heavy atom. The molecule has 1 aliphatic heterocycles. The predicted octanol–water partition coefficient (Wildman–Crippen LogP) is 2.11. The molecule has 1 saturated heterocycles. The molecule has 2 rings (SSSR count). The maximum Gasteiger partial charge on any atom is 0.0948 e. The summed E-state index contributed by atoms with van der Waals surface area (Å²) in [6.45, 7) is 11.3. The molecule has 0 bridgehead atoms. The van der Waals surface area contributed by atoms with E-state index in [-0.39, 0.29) is 0 Å². The van der Waals surface area contributed by atoms with E-state index in [2.05, 4.69) is 33.6 Å². The molecule has 1 N–H and O–H groups in total. The maximum absolute atomic E-state index is 4.29. The Bertz CT molecular complexity index is 353. The number of hydrogen-bond acceptors (Lipinski definition) is 3. The molecule has 0 spiro atoms. The van der Waals surface area contributed by atoms with Crippen molar-refractivity contribution < 1.29 is 0 Å². The van der Waals surface area contributed by atoms with E-state index in [4.69, 9.17) is 0 Å². The van der Waals surface area contributed by atoms with Gasteiger partial charge in [-0.2, -0.15) is 0 Å². The highest BCUT2D eigenvalue weighted by Gasteiger charge is 2.19. The summed E-state index contributed by atoms with van der Waals surface area (Å²) in [4.78, 5) is 6.86. The first kappa shape index (κ1) is 14.5. The Morgan fingerprint density at radius 1 is 1.32 bits per heavy atom. The fourth-order valence-electron chi connectivity index (χ4n) is 2.85. The molecule has 1 aliphatic rings. The van der Waals surface area contributed by atoms with Gasteiger partial charge in [0.1, 0.15) is 0 Å². The number of aryl methyl sites for hydroxylation is 1. The van der Waals surface area contributed by atoms with Crippen LogP contribution in [0.15, 0.2) is 12.5 Å². The highest BCUT2D eigenvalue weighted by Crippen LogP contribution is 2.18. The van der Waals surface area contributed by atoms with Crippen LogP contribution in [-0.4, -0.2) is 40.6 Å². The molecule has 0 unspecified atom stereocenters. The van der Waals surface area contributed by atoms with Crippen molar-refractivity contribution in [2.45, 2.75) is 46.2 Å². The zero-order chi connectivity index (χ0) is 13.5. The standard InChI is InChI=1S/C15H28N4/c1-3-7-19-13-17-11-15(19)12-18-8-5-14(6-9-18)10-16-4-2/h11,13-14,16H,3-10,12H2,1-2H3. The van der Waals surface area contributed by atoms with Crippen molar-refractivity contribution in [1.82, 2.24) is 19.8 Å². The fourth-order valence-corrected chi connectivity index (χ4v) is 2.85. The van der Waals surface area contributed by atoms with E-state index in [1.54, 1.807) is 0 Å². The molecular formula is C15H28N4. The lowest BCUT2D eigenvalue weighted by Gasteiger charge is -2.32. The molecule has 1 fully saturated rings. The van der Waals surface area contributed by atoms with Gasteiger partial charge in [-0.25, -0.2) is 4.98 Å². The third-order valence-corrected chi connectivity index (χ3v) is 4.04. The number of piperidine rings is 1. The monoisotopic (exact) mass is 264 g/mol. The third kappa shape index (κ3) is 4.32. The van der Waals surface area contributed by atoms with E-state index in [1.807, 2.05) is 12.5 Å². The Morgan fingerprint density at radius 3 is 2.79 bits per heavy atom. The molecule has 2 heterocycles. The largest absolute Gasteiger partial charge is 0.333 e. The van der Waals surface area contributed by atoms with Crippen molar-refractivity contribution in [3.05, 3.63) is 18.2 Å². The number of aromatic nitrogens is 2. The molecule has 1 aromatic rings. The van der Waals surface area contributed by atoms with Crippen molar-refractivity contribution in [3.8, 4) is 0 Å². The van der Waals surface area contributed by atoms with Crippen molar-refractivity contribution in [2.75, 3.05) is 26.2 Å². The average molecular weight is 264 g/mol. The van der Waals surface area contributed by atoms with Crippen molar-refractivity contribution in [1.29, 1.82) is 0 Å². The molecule has 4 nitrogen and oxygen atoms in total. The van der Waals surface area contributed by atoms with Crippen LogP contribution in [0.3, 0.4) is 0 Å². The number of rotatable bonds is 7. The highest BCUT2D eigenvalue weighted by molar-refractivity contribution is 4.98. The van der Waals surface area contributed by atoms with Crippen LogP contribution in [0.25, 0.3) is 0 Å². The van der Waals surface area contributed by atoms with E-state index in [0.29, 0.717) is 0 Å². The molecule has 108 valence electrons. The zero-order valence-corrected chi connectivity index (χ0v) is 12.4. The van der Waals surface area contributed by atoms with Gasteiger partial charge in [-0.05, 0) is 51.4 Å². The van der Waals surface area contributed by atoms with Crippen LogP contribution in [0.4, 0.5) is 0 Å². The van der Waals surface area contributed by atoms with Crippen LogP contribution in [-0.2, 0) is 13.1 Å². The topological polar surface area (TPSA) is 33.1 Å². The number of nitrogens with one attached hydrogen (secondary N) is 1. The van der Waals surface area contributed by atoms with Crippen molar-refractivity contribution >= 4 is 0 Å². The van der Waals surface area contributed by atoms with Gasteiger partial charge >= 0.3 is 0 Å². The maximum atomic E-state index is 4.29. The summed E-state index contributed by atoms with van der Waals surface area (Å²) >= 11 is 0. The third-order valence-electron chi connectivity index (χ3n) is 4.04. The van der Waals surface area contributed by atoms with Gasteiger partial charge in [0.2, 0.25) is 0 Å². The van der Waals surface area contributed by atoms with Gasteiger partial charge in [0.05, 0.1) is 12.0 Å². The van der Waals surface area contributed by atoms with E-state index in [9.17, 15) is 0 Å². The van der Waals surface area contributed by atoms with Gasteiger partial charge in [0.15, 0.2) is 0 Å². The Labute approximate surface area is 117 Å². The molecule has 19 heavy (non-hydrogen) atoms. The molecule has 1 aromatic heterocycles. The predicted molar refractivity (Wildman–Crippen MR) is 79.1 cm³/mol. The van der Waals surface area contributed by atoms with Crippen molar-refractivity contribution in [3.63, 3.8) is 0 Å². The SMILES string of the molecule is CCCn1cncc1CN1CCC(CNCC)CC1. The number of likely N-dealkylation sites (tertiary alicyclic amines) is 1. The number of nitrogens with zero attached hydrogens (tertiary/aromatic N) is 3. The van der Waals surface area contributed by atoms with Gasteiger partial charge < -0.3 is 9.88 Å². The molecule has 0 saturated carbocycles. The van der Waals surface area contributed by atoms with E-state index < -0.39 is 0 Å². The lowest BCUT2D eigenvalue weighted by Crippen LogP contribution is -2.37. The summed E-state index contributed by atoms with van der Waals surface area (Å²) in [5.74, 6) is 0.872. The van der Waals surface area contributed by atoms with Gasteiger partial charge in [0, 0.05) is 19.3 Å². The van der Waals surface area contributed by atoms with Crippen LogP contribution < -0.4 is 5.32 Å². The minimum Gasteiger partial charge on any atom is -0.333 e. The van der Waals surface area contributed by atoms with E-state index in [0.717, 1.165) is 25.6 Å².